The van der Waals surface area contributed by atoms with Gasteiger partial charge in [-0.05, 0) is 66.8 Å². The Morgan fingerprint density at radius 2 is 1.55 bits per heavy atom. The normalized spacial score (nSPS) is 26.6. The number of aliphatic imine (C=N–C) groups is 1. The number of hydrogen-bond donors (Lipinski definition) is 2. The minimum atomic E-state index is -4.52. The molecule has 3 aromatic carbocycles. The third kappa shape index (κ3) is 4.66. The second kappa shape index (κ2) is 9.63. The summed E-state index contributed by atoms with van der Waals surface area (Å²) >= 11 is 0. The highest BCUT2D eigenvalue weighted by Crippen LogP contribution is 2.71. The molecular weight excluding hydrogens is 572 g/mol. The molecule has 220 valence electrons. The van der Waals surface area contributed by atoms with Gasteiger partial charge in [0.2, 0.25) is 15.9 Å². The van der Waals surface area contributed by atoms with E-state index in [9.17, 15) is 30.8 Å². The quantitative estimate of drug-likeness (QED) is 0.355. The maximum absolute atomic E-state index is 13.9. The predicted octanol–water partition coefficient (Wildman–Crippen LogP) is 4.43. The van der Waals surface area contributed by atoms with Crippen molar-refractivity contribution in [3.63, 3.8) is 0 Å². The lowest BCUT2D eigenvalue weighted by atomic mass is 9.38. The fraction of sp³-hybridized carbons (Fsp3) is 0.333. The molecular formula is C30H28F4N4O3S. The second-order valence-corrected chi connectivity index (χ2v) is 13.5. The molecule has 4 aliphatic rings. The Labute approximate surface area is 240 Å². The van der Waals surface area contributed by atoms with Crippen molar-refractivity contribution in [3.05, 3.63) is 101 Å². The number of amidine groups is 1. The summed E-state index contributed by atoms with van der Waals surface area (Å²) in [6.07, 6.45) is -2.95. The summed E-state index contributed by atoms with van der Waals surface area (Å²) in [6.45, 7) is -0.00246. The molecule has 1 heterocycles. The van der Waals surface area contributed by atoms with Crippen LogP contribution in [0.15, 0.2) is 88.8 Å². The molecule has 0 aromatic heterocycles. The van der Waals surface area contributed by atoms with Crippen LogP contribution in [0.1, 0.15) is 36.0 Å². The zero-order valence-electron chi connectivity index (χ0n) is 22.4. The highest BCUT2D eigenvalue weighted by molar-refractivity contribution is 7.89. The van der Waals surface area contributed by atoms with E-state index in [0.29, 0.717) is 37.1 Å². The van der Waals surface area contributed by atoms with E-state index in [0.717, 1.165) is 29.8 Å². The molecule has 3 aliphatic carbocycles. The number of alkyl halides is 3. The highest BCUT2D eigenvalue weighted by Gasteiger charge is 2.75. The minimum Gasteiger partial charge on any atom is -0.368 e. The number of nitrogens with one attached hydrogen (secondary N) is 1. The Bertz CT molecular complexity index is 1640. The SMILES string of the molecule is NC(=O)C1(Cc2ccccc2)CN=C(C23CC(N(Cc4ccc(C(F)(F)F)cc4)S(=O)(=O)c4ccc(F)cc4)(C2)C3)N1. The lowest BCUT2D eigenvalue weighted by Gasteiger charge is -2.73. The molecule has 0 radical (unpaired) electrons. The predicted molar refractivity (Wildman–Crippen MR) is 147 cm³/mol. The molecule has 7 nitrogen and oxygen atoms in total. The lowest BCUT2D eigenvalue weighted by molar-refractivity contribution is -0.151. The number of nitrogens with zero attached hydrogens (tertiary/aromatic N) is 2. The lowest BCUT2D eigenvalue weighted by Crippen LogP contribution is -2.79. The summed E-state index contributed by atoms with van der Waals surface area (Å²) in [5.41, 5.74) is 3.93. The topological polar surface area (TPSA) is 105 Å². The first-order valence-electron chi connectivity index (χ1n) is 13.4. The van der Waals surface area contributed by atoms with E-state index in [1.165, 1.54) is 28.6 Å². The molecule has 0 spiro atoms. The van der Waals surface area contributed by atoms with E-state index in [-0.39, 0.29) is 18.0 Å². The largest absolute Gasteiger partial charge is 0.416 e. The Kier molecular flexibility index (Phi) is 6.50. The summed E-state index contributed by atoms with van der Waals surface area (Å²) in [5.74, 6) is -0.506. The number of hydrogen-bond acceptors (Lipinski definition) is 5. The average Bonchev–Trinajstić information content (AvgIpc) is 3.32. The van der Waals surface area contributed by atoms with Gasteiger partial charge in [0.15, 0.2) is 0 Å². The van der Waals surface area contributed by atoms with Crippen molar-refractivity contribution in [2.24, 2.45) is 16.1 Å². The standard InChI is InChI=1S/C30H28F4N4O3S/c31-23-10-12-24(13-11-23)42(40,41)38(15-21-6-8-22(9-7-21)30(32,33)34)28-16-27(17-28,18-28)26-36-19-29(37-26,25(35)39)14-20-4-2-1-3-5-20/h1-13H,14-19H2,(H2,35,39)(H,36,37). The van der Waals surface area contributed by atoms with Crippen molar-refractivity contribution in [1.29, 1.82) is 0 Å². The molecule has 1 aliphatic heterocycles. The van der Waals surface area contributed by atoms with Crippen molar-refractivity contribution < 1.29 is 30.8 Å². The van der Waals surface area contributed by atoms with E-state index in [2.05, 4.69) is 10.3 Å². The Balaban J connectivity index is 1.25. The van der Waals surface area contributed by atoms with Gasteiger partial charge in [-0.1, -0.05) is 42.5 Å². The zero-order valence-corrected chi connectivity index (χ0v) is 23.2. The van der Waals surface area contributed by atoms with Crippen LogP contribution < -0.4 is 11.1 Å². The van der Waals surface area contributed by atoms with Gasteiger partial charge in [-0.2, -0.15) is 17.5 Å². The first kappa shape index (κ1) is 28.4. The molecule has 2 bridgehead atoms. The van der Waals surface area contributed by atoms with Crippen molar-refractivity contribution in [1.82, 2.24) is 9.62 Å². The number of primary amides is 1. The highest BCUT2D eigenvalue weighted by atomic mass is 32.2. The third-order valence-electron chi connectivity index (χ3n) is 8.73. The number of amides is 1. The monoisotopic (exact) mass is 600 g/mol. The molecule has 3 N–H and O–H groups in total. The number of carbonyl (C=O) groups is 1. The summed E-state index contributed by atoms with van der Waals surface area (Å²) in [6, 6.07) is 18.3. The summed E-state index contributed by atoms with van der Waals surface area (Å²) in [7, 11) is -4.15. The van der Waals surface area contributed by atoms with Crippen LogP contribution in [0.25, 0.3) is 0 Å². The molecule has 12 heteroatoms. The summed E-state index contributed by atoms with van der Waals surface area (Å²) < 4.78 is 82.0. The van der Waals surface area contributed by atoms with Gasteiger partial charge in [-0.3, -0.25) is 9.79 Å². The number of carbonyl (C=O) groups excluding carboxylic acids is 1. The summed E-state index contributed by atoms with van der Waals surface area (Å²) in [5, 5.41) is 3.29. The number of benzene rings is 3. The molecule has 1 unspecified atom stereocenters. The fourth-order valence-corrected chi connectivity index (χ4v) is 8.30. The minimum absolute atomic E-state index is 0.110. The average molecular weight is 601 g/mol. The van der Waals surface area contributed by atoms with Crippen LogP contribution in [-0.2, 0) is 34.0 Å². The van der Waals surface area contributed by atoms with Crippen molar-refractivity contribution in [2.45, 2.75) is 54.4 Å². The van der Waals surface area contributed by atoms with Crippen LogP contribution >= 0.6 is 0 Å². The summed E-state index contributed by atoms with van der Waals surface area (Å²) in [4.78, 5) is 17.1. The number of rotatable bonds is 9. The molecule has 3 fully saturated rings. The molecule has 7 rings (SSSR count). The zero-order chi connectivity index (χ0) is 30.0. The van der Waals surface area contributed by atoms with Gasteiger partial charge in [0.25, 0.3) is 0 Å². The molecule has 3 aromatic rings. The van der Waals surface area contributed by atoms with Gasteiger partial charge in [0, 0.05) is 23.9 Å². The van der Waals surface area contributed by atoms with Crippen molar-refractivity contribution in [3.8, 4) is 0 Å². The van der Waals surface area contributed by atoms with Crippen LogP contribution in [0.5, 0.6) is 0 Å². The molecule has 42 heavy (non-hydrogen) atoms. The number of halogens is 4. The first-order valence-corrected chi connectivity index (χ1v) is 14.8. The van der Waals surface area contributed by atoms with Gasteiger partial charge < -0.3 is 11.1 Å². The third-order valence-corrected chi connectivity index (χ3v) is 10.7. The molecule has 0 saturated heterocycles. The Morgan fingerprint density at radius 3 is 2.12 bits per heavy atom. The van der Waals surface area contributed by atoms with Gasteiger partial charge in [0.05, 0.1) is 17.0 Å². The van der Waals surface area contributed by atoms with Gasteiger partial charge in [-0.25, -0.2) is 12.8 Å². The van der Waals surface area contributed by atoms with Crippen LogP contribution in [0, 0.1) is 11.2 Å². The second-order valence-electron chi connectivity index (χ2n) is 11.6. The maximum atomic E-state index is 13.9. The number of nitrogens with two attached hydrogens (primary N) is 1. The van der Waals surface area contributed by atoms with E-state index in [4.69, 9.17) is 5.73 Å². The first-order chi connectivity index (χ1) is 19.8. The van der Waals surface area contributed by atoms with Gasteiger partial charge in [0.1, 0.15) is 17.2 Å². The van der Waals surface area contributed by atoms with E-state index in [1.807, 2.05) is 30.3 Å². The van der Waals surface area contributed by atoms with Gasteiger partial charge in [-0.15, -0.1) is 0 Å². The van der Waals surface area contributed by atoms with Crippen molar-refractivity contribution in [2.75, 3.05) is 6.54 Å². The Morgan fingerprint density at radius 1 is 0.929 bits per heavy atom. The van der Waals surface area contributed by atoms with E-state index in [1.54, 1.807) is 0 Å². The molecule has 3 saturated carbocycles. The Hall–Kier alpha value is -3.77. The van der Waals surface area contributed by atoms with Gasteiger partial charge >= 0.3 is 6.18 Å². The van der Waals surface area contributed by atoms with Crippen LogP contribution in [0.2, 0.25) is 0 Å². The molecule has 1 atom stereocenters. The van der Waals surface area contributed by atoms with Crippen LogP contribution in [0.4, 0.5) is 17.6 Å². The molecule has 1 amide bonds. The van der Waals surface area contributed by atoms with E-state index >= 15 is 0 Å². The van der Waals surface area contributed by atoms with E-state index < -0.39 is 50.0 Å². The maximum Gasteiger partial charge on any atom is 0.416 e. The number of sulfonamides is 1. The van der Waals surface area contributed by atoms with Crippen LogP contribution in [0.3, 0.4) is 0 Å². The fourth-order valence-electron chi connectivity index (χ4n) is 6.55. The van der Waals surface area contributed by atoms with Crippen molar-refractivity contribution >= 4 is 21.8 Å². The van der Waals surface area contributed by atoms with Crippen LogP contribution in [-0.4, -0.2) is 42.1 Å². The smallest absolute Gasteiger partial charge is 0.368 e.